The molecule has 3 rings (SSSR count). The van der Waals surface area contributed by atoms with Crippen LogP contribution in [-0.2, 0) is 0 Å². The third kappa shape index (κ3) is 4.15. The number of allylic oxidation sites excluding steroid dienone is 1. The summed E-state index contributed by atoms with van der Waals surface area (Å²) in [5.41, 5.74) is 4.14. The van der Waals surface area contributed by atoms with E-state index in [0.717, 1.165) is 33.1 Å². The Morgan fingerprint density at radius 1 is 1.33 bits per heavy atom. The van der Waals surface area contributed by atoms with Crippen molar-refractivity contribution in [2.45, 2.75) is 20.3 Å². The maximum absolute atomic E-state index is 9.64. The van der Waals surface area contributed by atoms with Crippen LogP contribution < -0.4 is 9.47 Å². The lowest BCUT2D eigenvalue weighted by molar-refractivity contribution is 0.292. The zero-order valence-corrected chi connectivity index (χ0v) is 17.1. The van der Waals surface area contributed by atoms with E-state index in [2.05, 4.69) is 32.0 Å². The van der Waals surface area contributed by atoms with Gasteiger partial charge in [0.05, 0.1) is 34.8 Å². The van der Waals surface area contributed by atoms with Crippen LogP contribution in [0.4, 0.5) is 0 Å². The Kier molecular flexibility index (Phi) is 5.82. The summed E-state index contributed by atoms with van der Waals surface area (Å²) >= 11 is 3.53. The second-order valence-electron chi connectivity index (χ2n) is 6.16. The zero-order chi connectivity index (χ0) is 19.4. The van der Waals surface area contributed by atoms with Crippen molar-refractivity contribution in [1.29, 1.82) is 5.26 Å². The molecule has 0 unspecified atom stereocenters. The van der Waals surface area contributed by atoms with Crippen molar-refractivity contribution in [2.75, 3.05) is 13.7 Å². The predicted molar refractivity (Wildman–Crippen MR) is 111 cm³/mol. The van der Waals surface area contributed by atoms with Crippen molar-refractivity contribution >= 4 is 38.6 Å². The Morgan fingerprint density at radius 3 is 2.85 bits per heavy atom. The number of fused-ring (bicyclic) bond motifs is 1. The third-order valence-electron chi connectivity index (χ3n) is 4.03. The molecule has 0 spiro atoms. The van der Waals surface area contributed by atoms with E-state index in [-0.39, 0.29) is 0 Å². The van der Waals surface area contributed by atoms with E-state index in [0.29, 0.717) is 29.5 Å². The minimum absolute atomic E-state index is 0.444. The van der Waals surface area contributed by atoms with Crippen molar-refractivity contribution < 1.29 is 9.47 Å². The second-order valence-corrected chi connectivity index (χ2v) is 7.01. The lowest BCUT2D eigenvalue weighted by Crippen LogP contribution is -1.99. The van der Waals surface area contributed by atoms with Gasteiger partial charge in [0.2, 0.25) is 0 Å². The van der Waals surface area contributed by atoms with Gasteiger partial charge < -0.3 is 14.5 Å². The van der Waals surface area contributed by atoms with Gasteiger partial charge >= 0.3 is 0 Å². The van der Waals surface area contributed by atoms with Crippen molar-refractivity contribution in [3.63, 3.8) is 0 Å². The summed E-state index contributed by atoms with van der Waals surface area (Å²) in [5.74, 6) is 1.82. The molecule has 0 atom stereocenters. The highest BCUT2D eigenvalue weighted by Crippen LogP contribution is 2.37. The number of aryl methyl sites for hydroxylation is 1. The Balaban J connectivity index is 2.02. The maximum Gasteiger partial charge on any atom is 0.175 e. The Labute approximate surface area is 166 Å². The summed E-state index contributed by atoms with van der Waals surface area (Å²) in [6, 6.07) is 11.9. The van der Waals surface area contributed by atoms with E-state index in [9.17, 15) is 5.26 Å². The molecule has 6 heteroatoms. The van der Waals surface area contributed by atoms with E-state index >= 15 is 0 Å². The van der Waals surface area contributed by atoms with Gasteiger partial charge in [-0.25, -0.2) is 4.98 Å². The van der Waals surface area contributed by atoms with Crippen LogP contribution in [-0.4, -0.2) is 23.7 Å². The molecular weight excluding hydrogens is 406 g/mol. The number of imidazole rings is 1. The molecule has 0 saturated carbocycles. The van der Waals surface area contributed by atoms with Crippen LogP contribution in [0, 0.1) is 18.3 Å². The molecule has 0 aliphatic heterocycles. The number of aromatic nitrogens is 2. The molecule has 0 amide bonds. The van der Waals surface area contributed by atoms with E-state index in [1.165, 1.54) is 0 Å². The number of nitriles is 1. The Hall–Kier alpha value is -2.78. The molecule has 5 nitrogen and oxygen atoms in total. The van der Waals surface area contributed by atoms with Gasteiger partial charge in [0.1, 0.15) is 11.9 Å². The highest BCUT2D eigenvalue weighted by molar-refractivity contribution is 9.10. The number of rotatable bonds is 6. The molecule has 138 valence electrons. The van der Waals surface area contributed by atoms with E-state index in [1.807, 2.05) is 44.2 Å². The average Bonchev–Trinajstić information content (AvgIpc) is 3.07. The molecule has 2 aromatic carbocycles. The molecule has 0 bridgehead atoms. The highest BCUT2D eigenvalue weighted by Gasteiger charge is 2.13. The van der Waals surface area contributed by atoms with Gasteiger partial charge in [0.15, 0.2) is 11.5 Å². The van der Waals surface area contributed by atoms with Crippen molar-refractivity contribution in [3.8, 4) is 17.6 Å². The Bertz CT molecular complexity index is 1050. The van der Waals surface area contributed by atoms with Crippen LogP contribution >= 0.6 is 15.9 Å². The van der Waals surface area contributed by atoms with Gasteiger partial charge in [-0.15, -0.1) is 0 Å². The summed E-state index contributed by atoms with van der Waals surface area (Å²) in [7, 11) is 1.60. The quantitative estimate of drug-likeness (QED) is 0.529. The van der Waals surface area contributed by atoms with Gasteiger partial charge in [-0.1, -0.05) is 13.0 Å². The first kappa shape index (κ1) is 19.0. The van der Waals surface area contributed by atoms with Crippen LogP contribution in [0.15, 0.2) is 34.8 Å². The second kappa shape index (κ2) is 8.28. The number of hydrogen-bond donors (Lipinski definition) is 1. The van der Waals surface area contributed by atoms with Crippen LogP contribution in [0.5, 0.6) is 11.5 Å². The van der Waals surface area contributed by atoms with Crippen LogP contribution in [0.25, 0.3) is 22.7 Å². The van der Waals surface area contributed by atoms with Gasteiger partial charge in [-0.2, -0.15) is 5.26 Å². The molecule has 3 aromatic rings. The number of halogens is 1. The van der Waals surface area contributed by atoms with Crippen molar-refractivity contribution in [1.82, 2.24) is 9.97 Å². The summed E-state index contributed by atoms with van der Waals surface area (Å²) in [4.78, 5) is 7.75. The first-order chi connectivity index (χ1) is 13.0. The monoisotopic (exact) mass is 425 g/mol. The summed E-state index contributed by atoms with van der Waals surface area (Å²) in [5, 5.41) is 9.64. The van der Waals surface area contributed by atoms with Gasteiger partial charge in [0.25, 0.3) is 0 Å². The predicted octanol–water partition coefficient (Wildman–Crippen LogP) is 5.50. The van der Waals surface area contributed by atoms with Crippen LogP contribution in [0.1, 0.15) is 30.3 Å². The summed E-state index contributed by atoms with van der Waals surface area (Å²) in [6.45, 7) is 4.67. The highest BCUT2D eigenvalue weighted by atomic mass is 79.9. The first-order valence-corrected chi connectivity index (χ1v) is 9.44. The number of nitrogens with one attached hydrogen (secondary N) is 1. The minimum atomic E-state index is 0.444. The molecule has 1 aromatic heterocycles. The van der Waals surface area contributed by atoms with Gasteiger partial charge in [0, 0.05) is 0 Å². The number of benzene rings is 2. The largest absolute Gasteiger partial charge is 0.493 e. The Morgan fingerprint density at radius 2 is 2.15 bits per heavy atom. The molecular formula is C21H20BrN3O2. The fraction of sp³-hybridized carbons (Fsp3) is 0.238. The number of hydrogen-bond acceptors (Lipinski definition) is 4. The number of nitrogens with zero attached hydrogens (tertiary/aromatic N) is 2. The number of ether oxygens (including phenoxy) is 2. The maximum atomic E-state index is 9.64. The topological polar surface area (TPSA) is 70.9 Å². The zero-order valence-electron chi connectivity index (χ0n) is 15.5. The number of H-pyrrole nitrogens is 1. The van der Waals surface area contributed by atoms with Crippen molar-refractivity contribution in [3.05, 3.63) is 51.8 Å². The molecule has 0 aliphatic rings. The fourth-order valence-electron chi connectivity index (χ4n) is 2.74. The van der Waals surface area contributed by atoms with Crippen LogP contribution in [0.3, 0.4) is 0 Å². The summed E-state index contributed by atoms with van der Waals surface area (Å²) < 4.78 is 12.0. The lowest BCUT2D eigenvalue weighted by atomic mass is 10.1. The summed E-state index contributed by atoms with van der Waals surface area (Å²) in [6.07, 6.45) is 2.68. The third-order valence-corrected chi connectivity index (χ3v) is 4.62. The normalized spacial score (nSPS) is 11.4. The van der Waals surface area contributed by atoms with E-state index in [1.54, 1.807) is 13.2 Å². The molecule has 0 aliphatic carbocycles. The standard InChI is InChI=1S/C21H20BrN3O2/c1-4-7-27-20-16(22)10-14(11-19(20)26-3)9-15(12-23)21-24-17-6-5-13(2)8-18(17)25-21/h5-6,8-11H,4,7H2,1-3H3,(H,24,25)/b15-9+. The first-order valence-electron chi connectivity index (χ1n) is 8.64. The number of aromatic amines is 1. The fourth-order valence-corrected chi connectivity index (χ4v) is 3.31. The van der Waals surface area contributed by atoms with Crippen LogP contribution in [0.2, 0.25) is 0 Å². The average molecular weight is 426 g/mol. The minimum Gasteiger partial charge on any atom is -0.493 e. The molecule has 1 N–H and O–H groups in total. The molecule has 1 heterocycles. The number of methoxy groups -OCH3 is 1. The molecule has 0 radical (unpaired) electrons. The van der Waals surface area contributed by atoms with Gasteiger partial charge in [-0.05, 0) is 70.7 Å². The van der Waals surface area contributed by atoms with Gasteiger partial charge in [-0.3, -0.25) is 0 Å². The molecule has 27 heavy (non-hydrogen) atoms. The smallest absolute Gasteiger partial charge is 0.175 e. The SMILES string of the molecule is CCCOc1c(Br)cc(/C=C(\C#N)c2nc3ccc(C)cc3[nH]2)cc1OC. The van der Waals surface area contributed by atoms with E-state index in [4.69, 9.17) is 9.47 Å². The molecule has 0 saturated heterocycles. The molecule has 0 fully saturated rings. The lowest BCUT2D eigenvalue weighted by Gasteiger charge is -2.13. The van der Waals surface area contributed by atoms with Crippen molar-refractivity contribution in [2.24, 2.45) is 0 Å². The van der Waals surface area contributed by atoms with E-state index < -0.39 is 0 Å².